The second-order valence-electron chi connectivity index (χ2n) is 3.77. The molecule has 0 aromatic rings. The van der Waals surface area contributed by atoms with Gasteiger partial charge >= 0.3 is 12.0 Å². The molecule has 1 unspecified atom stereocenters. The standard InChI is InChI=1S/C12H14N2O3/c1-17-11(15)7-8-14-10-6-4-2-3-5-9(10)13-12(14)16/h2-6,9H,7-8H2,1H3,(H,13,16). The monoisotopic (exact) mass is 234 g/mol. The average Bonchev–Trinajstić information content (AvgIpc) is 2.51. The van der Waals surface area contributed by atoms with E-state index in [2.05, 4.69) is 10.1 Å². The van der Waals surface area contributed by atoms with Gasteiger partial charge in [0.05, 0.1) is 19.6 Å². The number of nitrogens with zero attached hydrogens (tertiary/aromatic N) is 1. The molecule has 90 valence electrons. The second-order valence-corrected chi connectivity index (χ2v) is 3.77. The number of hydrogen-bond acceptors (Lipinski definition) is 3. The van der Waals surface area contributed by atoms with Gasteiger partial charge in [-0.25, -0.2) is 4.79 Å². The van der Waals surface area contributed by atoms with E-state index < -0.39 is 0 Å². The molecule has 1 saturated heterocycles. The van der Waals surface area contributed by atoms with E-state index >= 15 is 0 Å². The number of carbonyl (C=O) groups excluding carboxylic acids is 2. The van der Waals surface area contributed by atoms with Crippen molar-refractivity contribution >= 4 is 12.0 Å². The number of carbonyl (C=O) groups is 2. The molecule has 5 heteroatoms. The summed E-state index contributed by atoms with van der Waals surface area (Å²) in [6.45, 7) is 0.336. The Morgan fingerprint density at radius 2 is 2.29 bits per heavy atom. The highest BCUT2D eigenvalue weighted by Crippen LogP contribution is 2.20. The molecule has 1 heterocycles. The zero-order valence-corrected chi connectivity index (χ0v) is 9.55. The van der Waals surface area contributed by atoms with E-state index in [9.17, 15) is 9.59 Å². The largest absolute Gasteiger partial charge is 0.469 e. The van der Waals surface area contributed by atoms with E-state index in [0.717, 1.165) is 5.70 Å². The summed E-state index contributed by atoms with van der Waals surface area (Å²) < 4.78 is 4.56. The van der Waals surface area contributed by atoms with Crippen LogP contribution in [0.4, 0.5) is 4.79 Å². The third-order valence-corrected chi connectivity index (χ3v) is 2.71. The highest BCUT2D eigenvalue weighted by atomic mass is 16.5. The molecule has 5 nitrogen and oxygen atoms in total. The van der Waals surface area contributed by atoms with E-state index in [1.807, 2.05) is 30.4 Å². The smallest absolute Gasteiger partial charge is 0.322 e. The summed E-state index contributed by atoms with van der Waals surface area (Å²) in [4.78, 5) is 24.4. The normalized spacial score (nSPS) is 21.7. The minimum atomic E-state index is -0.318. The molecular weight excluding hydrogens is 220 g/mol. The summed E-state index contributed by atoms with van der Waals surface area (Å²) in [6.07, 6.45) is 9.64. The van der Waals surface area contributed by atoms with Gasteiger partial charge in [-0.05, 0) is 6.08 Å². The molecule has 1 fully saturated rings. The number of nitrogens with one attached hydrogen (secondary N) is 1. The van der Waals surface area contributed by atoms with Crippen molar-refractivity contribution in [3.8, 4) is 0 Å². The number of ether oxygens (including phenoxy) is 1. The molecular formula is C12H14N2O3. The Bertz CT molecular complexity index is 423. The van der Waals surface area contributed by atoms with Gasteiger partial charge < -0.3 is 10.1 Å². The Balaban J connectivity index is 2.08. The van der Waals surface area contributed by atoms with Crippen LogP contribution in [-0.2, 0) is 9.53 Å². The SMILES string of the molecule is COC(=O)CCN1C(=O)NC2C=CC=CC=C21. The predicted octanol–water partition coefficient (Wildman–Crippen LogP) is 0.953. The van der Waals surface area contributed by atoms with Crippen molar-refractivity contribution in [1.29, 1.82) is 0 Å². The lowest BCUT2D eigenvalue weighted by Crippen LogP contribution is -2.30. The molecule has 2 rings (SSSR count). The van der Waals surface area contributed by atoms with E-state index in [1.165, 1.54) is 7.11 Å². The molecule has 1 N–H and O–H groups in total. The van der Waals surface area contributed by atoms with E-state index in [4.69, 9.17) is 0 Å². The van der Waals surface area contributed by atoms with Gasteiger partial charge in [-0.1, -0.05) is 24.3 Å². The number of amides is 2. The summed E-state index contributed by atoms with van der Waals surface area (Å²) in [6, 6.07) is -0.278. The van der Waals surface area contributed by atoms with Gasteiger partial charge in [-0.15, -0.1) is 0 Å². The van der Waals surface area contributed by atoms with Crippen LogP contribution in [0.25, 0.3) is 0 Å². The highest BCUT2D eigenvalue weighted by Gasteiger charge is 2.32. The first-order valence-corrected chi connectivity index (χ1v) is 5.42. The summed E-state index contributed by atoms with van der Waals surface area (Å²) in [5, 5.41) is 2.83. The number of hydrogen-bond donors (Lipinski definition) is 1. The number of fused-ring (bicyclic) bond motifs is 1. The highest BCUT2D eigenvalue weighted by molar-refractivity contribution is 5.82. The lowest BCUT2D eigenvalue weighted by molar-refractivity contribution is -0.140. The summed E-state index contributed by atoms with van der Waals surface area (Å²) in [5.41, 5.74) is 0.865. The fourth-order valence-electron chi connectivity index (χ4n) is 1.84. The third-order valence-electron chi connectivity index (χ3n) is 2.71. The van der Waals surface area contributed by atoms with Crippen LogP contribution in [0.15, 0.2) is 36.1 Å². The Morgan fingerprint density at radius 3 is 3.06 bits per heavy atom. The van der Waals surface area contributed by atoms with Crippen molar-refractivity contribution in [1.82, 2.24) is 10.2 Å². The minimum Gasteiger partial charge on any atom is -0.469 e. The quantitative estimate of drug-likeness (QED) is 0.740. The number of urea groups is 1. The van der Waals surface area contributed by atoms with Crippen molar-refractivity contribution in [3.63, 3.8) is 0 Å². The first-order chi connectivity index (χ1) is 8.22. The first kappa shape index (κ1) is 11.4. The zero-order valence-electron chi connectivity index (χ0n) is 9.55. The maximum atomic E-state index is 11.7. The van der Waals surface area contributed by atoms with Crippen molar-refractivity contribution in [2.75, 3.05) is 13.7 Å². The molecule has 17 heavy (non-hydrogen) atoms. The van der Waals surface area contributed by atoms with Crippen LogP contribution in [0.2, 0.25) is 0 Å². The Morgan fingerprint density at radius 1 is 1.47 bits per heavy atom. The van der Waals surface area contributed by atoms with E-state index in [0.29, 0.717) is 6.54 Å². The summed E-state index contributed by atoms with van der Waals surface area (Å²) >= 11 is 0. The molecule has 1 atom stereocenters. The van der Waals surface area contributed by atoms with Gasteiger partial charge in [-0.3, -0.25) is 9.69 Å². The van der Waals surface area contributed by atoms with Crippen molar-refractivity contribution < 1.29 is 14.3 Å². The maximum absolute atomic E-state index is 11.7. The third kappa shape index (κ3) is 2.38. The van der Waals surface area contributed by atoms with Crippen LogP contribution in [0, 0.1) is 0 Å². The lowest BCUT2D eigenvalue weighted by atomic mass is 10.2. The van der Waals surface area contributed by atoms with Gasteiger partial charge in [0.15, 0.2) is 0 Å². The molecule has 0 bridgehead atoms. The van der Waals surface area contributed by atoms with Gasteiger partial charge in [0, 0.05) is 12.2 Å². The maximum Gasteiger partial charge on any atom is 0.322 e. The fourth-order valence-corrected chi connectivity index (χ4v) is 1.84. The van der Waals surface area contributed by atoms with Gasteiger partial charge in [0.2, 0.25) is 0 Å². The summed E-state index contributed by atoms with van der Waals surface area (Å²) in [5.74, 6) is -0.318. The van der Waals surface area contributed by atoms with Crippen molar-refractivity contribution in [3.05, 3.63) is 36.1 Å². The molecule has 0 radical (unpaired) electrons. The topological polar surface area (TPSA) is 58.6 Å². The molecule has 0 saturated carbocycles. The Labute approximate surface area is 99.4 Å². The molecule has 0 spiro atoms. The lowest BCUT2D eigenvalue weighted by Gasteiger charge is -2.16. The van der Waals surface area contributed by atoms with Gasteiger partial charge in [0.1, 0.15) is 0 Å². The fraction of sp³-hybridized carbons (Fsp3) is 0.333. The Kier molecular flexibility index (Phi) is 3.27. The molecule has 0 aromatic carbocycles. The van der Waals surface area contributed by atoms with Crippen LogP contribution >= 0.6 is 0 Å². The molecule has 2 amide bonds. The zero-order chi connectivity index (χ0) is 12.3. The van der Waals surface area contributed by atoms with Gasteiger partial charge in [-0.2, -0.15) is 0 Å². The number of allylic oxidation sites excluding steroid dienone is 4. The minimum absolute atomic E-state index is 0.102. The second kappa shape index (κ2) is 4.86. The summed E-state index contributed by atoms with van der Waals surface area (Å²) in [7, 11) is 1.34. The predicted molar refractivity (Wildman–Crippen MR) is 62.0 cm³/mol. The number of methoxy groups -OCH3 is 1. The average molecular weight is 234 g/mol. The van der Waals surface area contributed by atoms with E-state index in [-0.39, 0.29) is 24.5 Å². The Hall–Kier alpha value is -2.04. The molecule has 1 aliphatic carbocycles. The van der Waals surface area contributed by atoms with Crippen LogP contribution in [0.5, 0.6) is 0 Å². The van der Waals surface area contributed by atoms with Crippen LogP contribution < -0.4 is 5.32 Å². The number of rotatable bonds is 3. The van der Waals surface area contributed by atoms with Crippen LogP contribution in [0.3, 0.4) is 0 Å². The van der Waals surface area contributed by atoms with Crippen molar-refractivity contribution in [2.45, 2.75) is 12.5 Å². The van der Waals surface area contributed by atoms with Crippen LogP contribution in [-0.4, -0.2) is 36.6 Å². The van der Waals surface area contributed by atoms with Gasteiger partial charge in [0.25, 0.3) is 0 Å². The van der Waals surface area contributed by atoms with Crippen molar-refractivity contribution in [2.24, 2.45) is 0 Å². The van der Waals surface area contributed by atoms with E-state index in [1.54, 1.807) is 4.90 Å². The number of esters is 1. The molecule has 0 aromatic heterocycles. The van der Waals surface area contributed by atoms with Crippen LogP contribution in [0.1, 0.15) is 6.42 Å². The molecule has 1 aliphatic heterocycles. The molecule has 2 aliphatic rings. The first-order valence-electron chi connectivity index (χ1n) is 5.42.